The van der Waals surface area contributed by atoms with Crippen molar-refractivity contribution in [2.24, 2.45) is 0 Å². The van der Waals surface area contributed by atoms with Crippen molar-refractivity contribution in [1.82, 2.24) is 0 Å². The third kappa shape index (κ3) is 5.76. The van der Waals surface area contributed by atoms with E-state index in [1.165, 1.54) is 0 Å². The van der Waals surface area contributed by atoms with E-state index in [-0.39, 0.29) is 13.2 Å². The van der Waals surface area contributed by atoms with E-state index in [0.29, 0.717) is 0 Å². The number of carbonyl (C=O) groups is 1. The fraction of sp³-hybridized carbons (Fsp3) is 0.833. The molecule has 0 aliphatic rings. The lowest BCUT2D eigenvalue weighted by atomic mass is 10.8. The van der Waals surface area contributed by atoms with Gasteiger partial charge in [-0.05, 0) is 13.8 Å². The molecule has 0 aromatic heterocycles. The molecule has 0 rings (SSSR count). The first kappa shape index (κ1) is 12.6. The summed E-state index contributed by atoms with van der Waals surface area (Å²) in [6.07, 6.45) is 0. The third-order valence-corrected chi connectivity index (χ3v) is 2.51. The second-order valence-corrected chi connectivity index (χ2v) is 3.62. The molecule has 0 atom stereocenters. The molecule has 0 bridgehead atoms. The first-order valence-electron chi connectivity index (χ1n) is 3.79. The van der Waals surface area contributed by atoms with Crippen LogP contribution in [-0.4, -0.2) is 30.9 Å². The average Bonchev–Trinajstić information content (AvgIpc) is 2.02. The van der Waals surface area contributed by atoms with E-state index < -0.39 is 20.4 Å². The highest BCUT2D eigenvalue weighted by molar-refractivity contribution is 7.48. The van der Waals surface area contributed by atoms with E-state index in [1.54, 1.807) is 13.8 Å². The lowest BCUT2D eigenvalue weighted by Crippen LogP contribution is -2.08. The highest BCUT2D eigenvalue weighted by Gasteiger charge is 2.26. The molecule has 0 unspecified atom stereocenters. The van der Waals surface area contributed by atoms with Gasteiger partial charge in [-0.15, -0.1) is 0 Å². The third-order valence-electron chi connectivity index (χ3n) is 0.921. The lowest BCUT2D eigenvalue weighted by Gasteiger charge is -2.14. The molecule has 0 heterocycles. The molecular formula is C6H13O6P. The van der Waals surface area contributed by atoms with Crippen molar-refractivity contribution in [2.45, 2.75) is 13.8 Å². The van der Waals surface area contributed by atoms with Crippen LogP contribution in [0.2, 0.25) is 0 Å². The normalized spacial score (nSPS) is 11.5. The van der Waals surface area contributed by atoms with E-state index in [0.717, 1.165) is 0 Å². The fourth-order valence-corrected chi connectivity index (χ4v) is 1.69. The molecule has 0 radical (unpaired) electrons. The van der Waals surface area contributed by atoms with Crippen molar-refractivity contribution in [3.05, 3.63) is 0 Å². The maximum atomic E-state index is 11.4. The van der Waals surface area contributed by atoms with E-state index in [4.69, 9.17) is 5.11 Å². The summed E-state index contributed by atoms with van der Waals surface area (Å²) in [5.41, 5.74) is 0. The van der Waals surface area contributed by atoms with Gasteiger partial charge in [0, 0.05) is 0 Å². The Bertz CT molecular complexity index is 193. The van der Waals surface area contributed by atoms with Gasteiger partial charge in [0.15, 0.2) is 6.61 Å². The van der Waals surface area contributed by atoms with Gasteiger partial charge in [0.1, 0.15) is 0 Å². The summed E-state index contributed by atoms with van der Waals surface area (Å²) < 4.78 is 25.2. The predicted octanol–water partition coefficient (Wildman–Crippen LogP) is 1.27. The van der Waals surface area contributed by atoms with Gasteiger partial charge >= 0.3 is 13.8 Å². The van der Waals surface area contributed by atoms with Crippen LogP contribution in [-0.2, 0) is 22.9 Å². The highest BCUT2D eigenvalue weighted by Crippen LogP contribution is 2.48. The van der Waals surface area contributed by atoms with Crippen LogP contribution in [0.15, 0.2) is 0 Å². The second-order valence-electron chi connectivity index (χ2n) is 1.95. The van der Waals surface area contributed by atoms with Gasteiger partial charge < -0.3 is 5.11 Å². The lowest BCUT2D eigenvalue weighted by molar-refractivity contribution is -0.140. The number of aliphatic carboxylic acids is 1. The smallest absolute Gasteiger partial charge is 0.475 e. The molecule has 0 amide bonds. The summed E-state index contributed by atoms with van der Waals surface area (Å²) in [5, 5.41) is 8.26. The van der Waals surface area contributed by atoms with Crippen LogP contribution in [0.4, 0.5) is 0 Å². The minimum Gasteiger partial charge on any atom is -0.480 e. The van der Waals surface area contributed by atoms with E-state index >= 15 is 0 Å². The van der Waals surface area contributed by atoms with Crippen molar-refractivity contribution >= 4 is 13.8 Å². The van der Waals surface area contributed by atoms with E-state index in [1.807, 2.05) is 0 Å². The van der Waals surface area contributed by atoms with Gasteiger partial charge in [-0.25, -0.2) is 9.36 Å². The zero-order valence-electron chi connectivity index (χ0n) is 7.56. The summed E-state index contributed by atoms with van der Waals surface area (Å²) in [7, 11) is -3.65. The topological polar surface area (TPSA) is 82.1 Å². The maximum absolute atomic E-state index is 11.4. The molecule has 0 saturated carbocycles. The van der Waals surface area contributed by atoms with Crippen LogP contribution in [0.1, 0.15) is 13.8 Å². The van der Waals surface area contributed by atoms with Crippen LogP contribution < -0.4 is 0 Å². The molecular weight excluding hydrogens is 199 g/mol. The van der Waals surface area contributed by atoms with Gasteiger partial charge in [0.25, 0.3) is 0 Å². The van der Waals surface area contributed by atoms with Gasteiger partial charge in [-0.1, -0.05) is 0 Å². The quantitative estimate of drug-likeness (QED) is 0.640. The Morgan fingerprint density at radius 2 is 1.69 bits per heavy atom. The molecule has 7 heteroatoms. The molecule has 0 aliphatic heterocycles. The van der Waals surface area contributed by atoms with Crippen LogP contribution in [0.25, 0.3) is 0 Å². The molecule has 0 aromatic rings. The van der Waals surface area contributed by atoms with Crippen LogP contribution in [0.5, 0.6) is 0 Å². The molecule has 78 valence electrons. The SMILES string of the molecule is CCOP(=O)(OCC)OCC(=O)O. The zero-order valence-corrected chi connectivity index (χ0v) is 8.45. The summed E-state index contributed by atoms with van der Waals surface area (Å²) in [5.74, 6) is -1.22. The molecule has 6 nitrogen and oxygen atoms in total. The van der Waals surface area contributed by atoms with Crippen LogP contribution in [0, 0.1) is 0 Å². The Balaban J connectivity index is 4.07. The Morgan fingerprint density at radius 1 is 1.23 bits per heavy atom. The largest absolute Gasteiger partial charge is 0.480 e. The number of rotatable bonds is 7. The number of phosphoric ester groups is 1. The fourth-order valence-electron chi connectivity index (χ4n) is 0.562. The highest BCUT2D eigenvalue weighted by atomic mass is 31.2. The van der Waals surface area contributed by atoms with Gasteiger partial charge in [0.05, 0.1) is 13.2 Å². The molecule has 13 heavy (non-hydrogen) atoms. The van der Waals surface area contributed by atoms with Crippen LogP contribution in [0.3, 0.4) is 0 Å². The summed E-state index contributed by atoms with van der Waals surface area (Å²) in [4.78, 5) is 10.1. The standard InChI is InChI=1S/C6H13O6P/c1-3-10-13(9,11-4-2)12-5-6(7)8/h3-5H2,1-2H3,(H,7,8). The summed E-state index contributed by atoms with van der Waals surface area (Å²) in [6.45, 7) is 2.79. The number of hydrogen-bond donors (Lipinski definition) is 1. The Hall–Kier alpha value is -0.420. The molecule has 0 aliphatic carbocycles. The molecule has 0 aromatic carbocycles. The Morgan fingerprint density at radius 3 is 2.00 bits per heavy atom. The van der Waals surface area contributed by atoms with Gasteiger partial charge in [-0.3, -0.25) is 13.6 Å². The summed E-state index contributed by atoms with van der Waals surface area (Å²) >= 11 is 0. The van der Waals surface area contributed by atoms with Crippen LogP contribution >= 0.6 is 7.82 Å². The predicted molar refractivity (Wildman–Crippen MR) is 44.4 cm³/mol. The minimum atomic E-state index is -3.65. The van der Waals surface area contributed by atoms with Crippen molar-refractivity contribution < 1.29 is 28.0 Å². The second kappa shape index (κ2) is 6.10. The minimum absolute atomic E-state index is 0.136. The Kier molecular flexibility index (Phi) is 5.90. The first-order chi connectivity index (χ1) is 6.04. The number of carboxylic acid groups (broad SMARTS) is 1. The summed E-state index contributed by atoms with van der Waals surface area (Å²) in [6, 6.07) is 0. The average molecular weight is 212 g/mol. The van der Waals surface area contributed by atoms with Crippen molar-refractivity contribution in [2.75, 3.05) is 19.8 Å². The number of carboxylic acids is 1. The van der Waals surface area contributed by atoms with E-state index in [9.17, 15) is 9.36 Å². The number of hydrogen-bond acceptors (Lipinski definition) is 5. The monoisotopic (exact) mass is 212 g/mol. The first-order valence-corrected chi connectivity index (χ1v) is 5.25. The molecule has 1 N–H and O–H groups in total. The zero-order chi connectivity index (χ0) is 10.3. The van der Waals surface area contributed by atoms with Crippen molar-refractivity contribution in [3.63, 3.8) is 0 Å². The molecule has 0 spiro atoms. The number of phosphoric acid groups is 1. The van der Waals surface area contributed by atoms with Crippen molar-refractivity contribution in [1.29, 1.82) is 0 Å². The molecule has 0 fully saturated rings. The van der Waals surface area contributed by atoms with E-state index in [2.05, 4.69) is 13.6 Å². The molecule has 0 saturated heterocycles. The van der Waals surface area contributed by atoms with Crippen molar-refractivity contribution in [3.8, 4) is 0 Å². The van der Waals surface area contributed by atoms with Gasteiger partial charge in [-0.2, -0.15) is 0 Å². The maximum Gasteiger partial charge on any atom is 0.475 e. The van der Waals surface area contributed by atoms with Gasteiger partial charge in [0.2, 0.25) is 0 Å². The Labute approximate surface area is 76.4 Å².